The van der Waals surface area contributed by atoms with Crippen LogP contribution in [0.25, 0.3) is 0 Å². The van der Waals surface area contributed by atoms with Gasteiger partial charge in [0.25, 0.3) is 0 Å². The van der Waals surface area contributed by atoms with Gasteiger partial charge in [-0.2, -0.15) is 0 Å². The molecule has 2 amide bonds. The van der Waals surface area contributed by atoms with E-state index >= 15 is 0 Å². The summed E-state index contributed by atoms with van der Waals surface area (Å²) >= 11 is 1.53. The Morgan fingerprint density at radius 2 is 2.24 bits per heavy atom. The Labute approximate surface area is 129 Å². The predicted octanol–water partition coefficient (Wildman–Crippen LogP) is 1.34. The van der Waals surface area contributed by atoms with Gasteiger partial charge in [-0.25, -0.2) is 0 Å². The summed E-state index contributed by atoms with van der Waals surface area (Å²) in [5.41, 5.74) is 1.73. The van der Waals surface area contributed by atoms with Crippen LogP contribution in [0.5, 0.6) is 0 Å². The van der Waals surface area contributed by atoms with Crippen LogP contribution < -0.4 is 10.6 Å². The Morgan fingerprint density at radius 3 is 3.00 bits per heavy atom. The first kappa shape index (κ1) is 15.9. The van der Waals surface area contributed by atoms with Crippen LogP contribution in [0, 0.1) is 0 Å². The highest BCUT2D eigenvalue weighted by Crippen LogP contribution is 2.31. The molecule has 0 saturated carbocycles. The number of rotatable bonds is 6. The fourth-order valence-electron chi connectivity index (χ4n) is 2.11. The molecule has 0 aliphatic carbocycles. The van der Waals surface area contributed by atoms with E-state index in [2.05, 4.69) is 15.5 Å². The van der Waals surface area contributed by atoms with Crippen molar-refractivity contribution in [3.8, 4) is 0 Å². The molecule has 0 radical (unpaired) electrons. The van der Waals surface area contributed by atoms with Crippen molar-refractivity contribution in [2.24, 2.45) is 0 Å². The topological polar surface area (TPSA) is 61.4 Å². The van der Waals surface area contributed by atoms with Crippen molar-refractivity contribution < 1.29 is 9.59 Å². The molecule has 2 N–H and O–H groups in total. The molecule has 0 bridgehead atoms. The molecule has 0 saturated heterocycles. The van der Waals surface area contributed by atoms with Gasteiger partial charge in [-0.3, -0.25) is 9.59 Å². The summed E-state index contributed by atoms with van der Waals surface area (Å²) in [6.07, 6.45) is 1.28. The molecule has 0 aromatic heterocycles. The zero-order chi connectivity index (χ0) is 15.2. The van der Waals surface area contributed by atoms with Gasteiger partial charge in [0, 0.05) is 11.4 Å². The van der Waals surface area contributed by atoms with E-state index in [-0.39, 0.29) is 11.8 Å². The first-order chi connectivity index (χ1) is 10.0. The third-order valence-electron chi connectivity index (χ3n) is 3.15. The van der Waals surface area contributed by atoms with E-state index in [0.29, 0.717) is 18.7 Å². The number of carbonyl (C=O) groups is 2. The minimum absolute atomic E-state index is 0.0118. The number of hydrogen-bond acceptors (Lipinski definition) is 4. The number of amides is 2. The lowest BCUT2D eigenvalue weighted by Gasteiger charge is -2.17. The van der Waals surface area contributed by atoms with Crippen molar-refractivity contribution in [1.82, 2.24) is 10.2 Å². The van der Waals surface area contributed by atoms with E-state index < -0.39 is 0 Å². The first-order valence-corrected chi connectivity index (χ1v) is 8.00. The summed E-state index contributed by atoms with van der Waals surface area (Å²) in [5, 5.41) is 5.76. The molecule has 1 aliphatic heterocycles. The number of fused-ring (bicyclic) bond motifs is 1. The van der Waals surface area contributed by atoms with Crippen molar-refractivity contribution in [3.05, 3.63) is 23.8 Å². The Morgan fingerprint density at radius 1 is 1.43 bits per heavy atom. The van der Waals surface area contributed by atoms with Crippen molar-refractivity contribution in [2.75, 3.05) is 38.3 Å². The maximum absolute atomic E-state index is 11.9. The Bertz CT molecular complexity index is 532. The summed E-state index contributed by atoms with van der Waals surface area (Å²) in [7, 11) is 4.03. The minimum atomic E-state index is 0.0118. The van der Waals surface area contributed by atoms with Gasteiger partial charge in [0.2, 0.25) is 11.8 Å². The Hall–Kier alpha value is -1.53. The van der Waals surface area contributed by atoms with Gasteiger partial charge in [0.1, 0.15) is 0 Å². The number of carbonyl (C=O) groups excluding carboxylic acids is 2. The first-order valence-electron chi connectivity index (χ1n) is 7.01. The molecule has 2 rings (SSSR count). The normalized spacial score (nSPS) is 13.8. The monoisotopic (exact) mass is 307 g/mol. The second-order valence-corrected chi connectivity index (χ2v) is 6.37. The summed E-state index contributed by atoms with van der Waals surface area (Å²) < 4.78 is 0. The lowest BCUT2D eigenvalue weighted by molar-refractivity contribution is -0.120. The number of nitrogens with one attached hydrogen (secondary N) is 2. The van der Waals surface area contributed by atoms with Crippen molar-refractivity contribution in [3.63, 3.8) is 0 Å². The fraction of sp³-hybridized carbons (Fsp3) is 0.467. The van der Waals surface area contributed by atoms with E-state index in [1.165, 1.54) is 11.8 Å². The van der Waals surface area contributed by atoms with Crippen LogP contribution in [-0.4, -0.2) is 49.7 Å². The van der Waals surface area contributed by atoms with E-state index in [1.54, 1.807) is 0 Å². The minimum Gasteiger partial charge on any atom is -0.356 e. The smallest absolute Gasteiger partial charge is 0.234 e. The van der Waals surface area contributed by atoms with Crippen molar-refractivity contribution >= 4 is 29.3 Å². The highest BCUT2D eigenvalue weighted by atomic mass is 32.2. The maximum Gasteiger partial charge on any atom is 0.234 e. The number of nitrogens with zero attached hydrogens (tertiary/aromatic N) is 1. The third kappa shape index (κ3) is 5.06. The molecular weight excluding hydrogens is 286 g/mol. The van der Waals surface area contributed by atoms with Crippen LogP contribution in [0.4, 0.5) is 5.69 Å². The summed E-state index contributed by atoms with van der Waals surface area (Å²) in [6, 6.07) is 5.80. The van der Waals surface area contributed by atoms with E-state index in [9.17, 15) is 9.59 Å². The van der Waals surface area contributed by atoms with Gasteiger partial charge < -0.3 is 15.5 Å². The fourth-order valence-corrected chi connectivity index (χ4v) is 2.90. The molecule has 1 heterocycles. The summed E-state index contributed by atoms with van der Waals surface area (Å²) in [5.74, 6) is 0.486. The lowest BCUT2D eigenvalue weighted by Crippen LogP contribution is -2.28. The number of benzene rings is 1. The molecule has 1 aliphatic rings. The number of thioether (sulfide) groups is 1. The van der Waals surface area contributed by atoms with E-state index in [0.717, 1.165) is 29.1 Å². The SMILES string of the molecule is CN(C)CCCNC(=O)Cc1ccc2c(c1)NC(=O)CS2. The average molecular weight is 307 g/mol. The van der Waals surface area contributed by atoms with Crippen molar-refractivity contribution in [1.29, 1.82) is 0 Å². The van der Waals surface area contributed by atoms with Gasteiger partial charge >= 0.3 is 0 Å². The lowest BCUT2D eigenvalue weighted by atomic mass is 10.1. The standard InChI is InChI=1S/C15H21N3O2S/c1-18(2)7-3-6-16-14(19)9-11-4-5-13-12(8-11)17-15(20)10-21-13/h4-5,8H,3,6-7,9-10H2,1-2H3,(H,16,19)(H,17,20). The molecule has 0 spiro atoms. The Balaban J connectivity index is 1.84. The second-order valence-electron chi connectivity index (χ2n) is 5.35. The molecule has 1 aromatic carbocycles. The van der Waals surface area contributed by atoms with Gasteiger partial charge in [-0.05, 0) is 44.8 Å². The van der Waals surface area contributed by atoms with Crippen LogP contribution in [0.1, 0.15) is 12.0 Å². The molecule has 114 valence electrons. The molecule has 5 nitrogen and oxygen atoms in total. The molecule has 1 aromatic rings. The van der Waals surface area contributed by atoms with Gasteiger partial charge in [-0.1, -0.05) is 6.07 Å². The summed E-state index contributed by atoms with van der Waals surface area (Å²) in [6.45, 7) is 1.65. The predicted molar refractivity (Wildman–Crippen MR) is 85.7 cm³/mol. The number of hydrogen-bond donors (Lipinski definition) is 2. The van der Waals surface area contributed by atoms with Crippen LogP contribution in [0.15, 0.2) is 23.1 Å². The quantitative estimate of drug-likeness (QED) is 0.779. The van der Waals surface area contributed by atoms with Crippen molar-refractivity contribution in [2.45, 2.75) is 17.7 Å². The van der Waals surface area contributed by atoms with Gasteiger partial charge in [-0.15, -0.1) is 11.8 Å². The van der Waals surface area contributed by atoms with Gasteiger partial charge in [0.05, 0.1) is 17.9 Å². The van der Waals surface area contributed by atoms with Crippen LogP contribution in [-0.2, 0) is 16.0 Å². The van der Waals surface area contributed by atoms with Crippen LogP contribution in [0.2, 0.25) is 0 Å². The molecule has 0 fully saturated rings. The van der Waals surface area contributed by atoms with Crippen LogP contribution >= 0.6 is 11.8 Å². The average Bonchev–Trinajstić information content (AvgIpc) is 2.43. The molecule has 0 atom stereocenters. The Kier molecular flexibility index (Phi) is 5.64. The summed E-state index contributed by atoms with van der Waals surface area (Å²) in [4.78, 5) is 26.4. The second kappa shape index (κ2) is 7.47. The molecule has 0 unspecified atom stereocenters. The number of anilines is 1. The third-order valence-corrected chi connectivity index (χ3v) is 4.22. The zero-order valence-corrected chi connectivity index (χ0v) is 13.3. The maximum atomic E-state index is 11.9. The highest BCUT2D eigenvalue weighted by molar-refractivity contribution is 8.00. The molecule has 21 heavy (non-hydrogen) atoms. The molecule has 6 heteroatoms. The molecular formula is C15H21N3O2S. The zero-order valence-electron chi connectivity index (χ0n) is 12.4. The van der Waals surface area contributed by atoms with E-state index in [4.69, 9.17) is 0 Å². The van der Waals surface area contributed by atoms with E-state index in [1.807, 2.05) is 32.3 Å². The largest absolute Gasteiger partial charge is 0.356 e. The van der Waals surface area contributed by atoms with Crippen LogP contribution in [0.3, 0.4) is 0 Å². The van der Waals surface area contributed by atoms with Gasteiger partial charge in [0.15, 0.2) is 0 Å². The highest BCUT2D eigenvalue weighted by Gasteiger charge is 2.16.